The molecule has 0 amide bonds. The first-order valence-electron chi connectivity index (χ1n) is 13.6. The van der Waals surface area contributed by atoms with Gasteiger partial charge in [0.05, 0.1) is 12.7 Å². The van der Waals surface area contributed by atoms with Crippen molar-refractivity contribution in [1.29, 1.82) is 0 Å². The lowest BCUT2D eigenvalue weighted by Gasteiger charge is -2.42. The predicted molar refractivity (Wildman–Crippen MR) is 168 cm³/mol. The van der Waals surface area contributed by atoms with Crippen molar-refractivity contribution in [2.75, 3.05) is 6.61 Å². The lowest BCUT2D eigenvalue weighted by Crippen LogP contribution is -2.48. The maximum Gasteiger partial charge on any atom is 0.192 e. The molecule has 0 fully saturated rings. The fourth-order valence-electron chi connectivity index (χ4n) is 3.68. The first-order valence-corrected chi connectivity index (χ1v) is 20.3. The molecule has 0 N–H and O–H groups in total. The minimum Gasteiger partial charge on any atom is -0.489 e. The number of benzene rings is 2. The normalized spacial score (nSPS) is 14.2. The van der Waals surface area contributed by atoms with Crippen molar-refractivity contribution in [2.45, 2.75) is 117 Å². The molecule has 0 aromatic heterocycles. The molecule has 0 saturated heterocycles. The quantitative estimate of drug-likeness (QED) is 0.238. The maximum atomic E-state index is 7.03. The molecule has 0 aliphatic carbocycles. The van der Waals surface area contributed by atoms with Gasteiger partial charge in [0.15, 0.2) is 16.6 Å². The Morgan fingerprint density at radius 2 is 1.38 bits per heavy atom. The fraction of sp³-hybridized carbons (Fsp3) is 0.613. The summed E-state index contributed by atoms with van der Waals surface area (Å²) < 4.78 is 20.9. The first kappa shape index (κ1) is 32.3. The third kappa shape index (κ3) is 9.35. The summed E-state index contributed by atoms with van der Waals surface area (Å²) in [6, 6.07) is 14.8. The van der Waals surface area contributed by atoms with E-state index in [4.69, 9.17) is 13.6 Å². The van der Waals surface area contributed by atoms with Crippen LogP contribution >= 0.6 is 15.9 Å². The molecule has 0 saturated carbocycles. The molecule has 0 aliphatic rings. The standard InChI is InChI=1S/C31H51BrO3Si2/c1-23(2)29-18-13-24(21-33-27-16-14-26(32)15-17-27)19-25(29)20-28(35-37(11,12)31(6,7)8)22-34-36(9,10)30(3,4)5/h13-19,23,28H,20-22H2,1-12H3. The van der Waals surface area contributed by atoms with Gasteiger partial charge >= 0.3 is 0 Å². The van der Waals surface area contributed by atoms with Crippen LogP contribution in [0.5, 0.6) is 5.75 Å². The largest absolute Gasteiger partial charge is 0.489 e. The average Bonchev–Trinajstić information content (AvgIpc) is 2.75. The van der Waals surface area contributed by atoms with E-state index >= 15 is 0 Å². The summed E-state index contributed by atoms with van der Waals surface area (Å²) in [7, 11) is -3.87. The first-order chi connectivity index (χ1) is 16.8. The Morgan fingerprint density at radius 1 is 0.811 bits per heavy atom. The summed E-state index contributed by atoms with van der Waals surface area (Å²) in [4.78, 5) is 0. The zero-order chi connectivity index (χ0) is 28.2. The highest BCUT2D eigenvalue weighted by molar-refractivity contribution is 9.10. The molecule has 2 aromatic carbocycles. The van der Waals surface area contributed by atoms with Gasteiger partial charge < -0.3 is 13.6 Å². The Morgan fingerprint density at radius 3 is 1.89 bits per heavy atom. The minimum absolute atomic E-state index is 0.0233. The van der Waals surface area contributed by atoms with Crippen LogP contribution in [0.4, 0.5) is 0 Å². The van der Waals surface area contributed by atoms with Crippen molar-refractivity contribution in [1.82, 2.24) is 0 Å². The summed E-state index contributed by atoms with van der Waals surface area (Å²) in [6.45, 7) is 28.9. The molecule has 0 radical (unpaired) electrons. The predicted octanol–water partition coefficient (Wildman–Crippen LogP) is 10.1. The van der Waals surface area contributed by atoms with E-state index in [1.165, 1.54) is 16.7 Å². The van der Waals surface area contributed by atoms with E-state index in [0.717, 1.165) is 16.6 Å². The molecule has 2 rings (SSSR count). The molecule has 37 heavy (non-hydrogen) atoms. The highest BCUT2D eigenvalue weighted by atomic mass is 79.9. The average molecular weight is 608 g/mol. The second-order valence-electron chi connectivity index (χ2n) is 13.7. The van der Waals surface area contributed by atoms with E-state index in [2.05, 4.69) is 116 Å². The number of halogens is 1. The highest BCUT2D eigenvalue weighted by Crippen LogP contribution is 2.40. The van der Waals surface area contributed by atoms with Crippen LogP contribution in [0, 0.1) is 0 Å². The van der Waals surface area contributed by atoms with Crippen LogP contribution in [0.25, 0.3) is 0 Å². The minimum atomic E-state index is -1.98. The molecule has 6 heteroatoms. The van der Waals surface area contributed by atoms with E-state index in [9.17, 15) is 0 Å². The van der Waals surface area contributed by atoms with Crippen LogP contribution < -0.4 is 4.74 Å². The van der Waals surface area contributed by atoms with E-state index in [1.54, 1.807) is 0 Å². The Balaban J connectivity index is 2.33. The Bertz CT molecular complexity index is 1000. The molecular weight excluding hydrogens is 556 g/mol. The van der Waals surface area contributed by atoms with Crippen LogP contribution in [0.3, 0.4) is 0 Å². The summed E-state index contributed by atoms with van der Waals surface area (Å²) in [5, 5.41) is 0.311. The maximum absolute atomic E-state index is 7.03. The molecule has 0 heterocycles. The zero-order valence-electron chi connectivity index (χ0n) is 25.4. The molecule has 1 unspecified atom stereocenters. The molecule has 2 aromatic rings. The van der Waals surface area contributed by atoms with Crippen molar-refractivity contribution < 1.29 is 13.6 Å². The summed E-state index contributed by atoms with van der Waals surface area (Å²) in [5.41, 5.74) is 3.90. The van der Waals surface area contributed by atoms with Gasteiger partial charge in [0.1, 0.15) is 12.4 Å². The van der Waals surface area contributed by atoms with E-state index in [-0.39, 0.29) is 16.2 Å². The lowest BCUT2D eigenvalue weighted by molar-refractivity contribution is 0.107. The van der Waals surface area contributed by atoms with Gasteiger partial charge in [0.25, 0.3) is 0 Å². The van der Waals surface area contributed by atoms with Gasteiger partial charge in [-0.2, -0.15) is 0 Å². The van der Waals surface area contributed by atoms with Gasteiger partial charge in [-0.25, -0.2) is 0 Å². The zero-order valence-corrected chi connectivity index (χ0v) is 29.0. The molecule has 1 atom stereocenters. The van der Waals surface area contributed by atoms with Crippen LogP contribution in [-0.4, -0.2) is 29.3 Å². The highest BCUT2D eigenvalue weighted by Gasteiger charge is 2.41. The number of rotatable bonds is 11. The Kier molecular flexibility index (Phi) is 10.9. The van der Waals surface area contributed by atoms with Gasteiger partial charge in [0.2, 0.25) is 0 Å². The lowest BCUT2D eigenvalue weighted by atomic mass is 9.92. The van der Waals surface area contributed by atoms with Gasteiger partial charge in [0, 0.05) is 4.47 Å². The number of ether oxygens (including phenoxy) is 1. The van der Waals surface area contributed by atoms with Crippen LogP contribution in [-0.2, 0) is 21.9 Å². The summed E-state index contributed by atoms with van der Waals surface area (Å²) in [5.74, 6) is 1.31. The number of hydrogen-bond acceptors (Lipinski definition) is 3. The molecule has 208 valence electrons. The third-order valence-corrected chi connectivity index (χ3v) is 17.8. The third-order valence-electron chi connectivity index (χ3n) is 8.20. The van der Waals surface area contributed by atoms with Crippen LogP contribution in [0.1, 0.15) is 78.0 Å². The van der Waals surface area contributed by atoms with Crippen molar-refractivity contribution in [3.8, 4) is 5.75 Å². The molecule has 0 spiro atoms. The molecule has 0 bridgehead atoms. The SMILES string of the molecule is CC(C)c1ccc(COc2ccc(Br)cc2)cc1CC(CO[Si](C)(C)C(C)(C)C)O[Si](C)(C)C(C)(C)C. The van der Waals surface area contributed by atoms with E-state index in [1.807, 2.05) is 24.3 Å². The van der Waals surface area contributed by atoms with Gasteiger partial charge in [-0.05, 0) is 89.6 Å². The van der Waals surface area contributed by atoms with Crippen molar-refractivity contribution in [3.63, 3.8) is 0 Å². The number of hydrogen-bond donors (Lipinski definition) is 0. The van der Waals surface area contributed by atoms with Crippen molar-refractivity contribution in [2.24, 2.45) is 0 Å². The second kappa shape index (κ2) is 12.5. The van der Waals surface area contributed by atoms with Crippen LogP contribution in [0.2, 0.25) is 36.3 Å². The Hall–Kier alpha value is -0.926. The van der Waals surface area contributed by atoms with Gasteiger partial charge in [-0.3, -0.25) is 0 Å². The molecule has 0 aliphatic heterocycles. The molecular formula is C31H51BrO3Si2. The van der Waals surface area contributed by atoms with Crippen LogP contribution in [0.15, 0.2) is 46.9 Å². The van der Waals surface area contributed by atoms with E-state index in [0.29, 0.717) is 19.1 Å². The summed E-state index contributed by atoms with van der Waals surface area (Å²) >= 11 is 3.49. The van der Waals surface area contributed by atoms with E-state index < -0.39 is 16.6 Å². The smallest absolute Gasteiger partial charge is 0.192 e. The summed E-state index contributed by atoms with van der Waals surface area (Å²) in [6.07, 6.45) is 0.871. The van der Waals surface area contributed by atoms with Crippen molar-refractivity contribution in [3.05, 3.63) is 63.6 Å². The fourth-order valence-corrected chi connectivity index (χ4v) is 6.32. The monoisotopic (exact) mass is 606 g/mol. The Labute approximate surface area is 238 Å². The second-order valence-corrected chi connectivity index (χ2v) is 24.2. The topological polar surface area (TPSA) is 27.7 Å². The van der Waals surface area contributed by atoms with Gasteiger partial charge in [-0.1, -0.05) is 89.5 Å². The van der Waals surface area contributed by atoms with Gasteiger partial charge in [-0.15, -0.1) is 0 Å². The van der Waals surface area contributed by atoms with Crippen molar-refractivity contribution >= 4 is 32.6 Å². The molecule has 3 nitrogen and oxygen atoms in total.